The van der Waals surface area contributed by atoms with Crippen molar-refractivity contribution in [3.05, 3.63) is 35.4 Å². The molecule has 1 aromatic rings. The van der Waals surface area contributed by atoms with Crippen molar-refractivity contribution < 1.29 is 45.7 Å². The van der Waals surface area contributed by atoms with Crippen molar-refractivity contribution >= 4 is 19.6 Å². The molecule has 3 rings (SSSR count). The first-order chi connectivity index (χ1) is 14.7. The Morgan fingerprint density at radius 3 is 2.59 bits per heavy atom. The largest absolute Gasteiger partial charge is 0.492 e. The zero-order valence-corrected chi connectivity index (χ0v) is 17.1. The van der Waals surface area contributed by atoms with E-state index < -0.39 is 56.1 Å². The van der Waals surface area contributed by atoms with Crippen LogP contribution in [0.25, 0.3) is 0 Å². The van der Waals surface area contributed by atoms with E-state index >= 15 is 0 Å². The Morgan fingerprint density at radius 2 is 2.00 bits per heavy atom. The van der Waals surface area contributed by atoms with E-state index in [1.165, 1.54) is 6.07 Å². The molecular weight excluding hydrogens is 468 g/mol. The predicted molar refractivity (Wildman–Crippen MR) is 98.2 cm³/mol. The second-order valence-corrected chi connectivity index (χ2v) is 8.36. The minimum absolute atomic E-state index is 0.0873. The number of hydrogen-bond donors (Lipinski definition) is 3. The molecule has 1 unspecified atom stereocenters. The molecule has 2 heterocycles. The summed E-state index contributed by atoms with van der Waals surface area (Å²) >= 11 is 0. The number of amides is 1. The van der Waals surface area contributed by atoms with E-state index in [-0.39, 0.29) is 36.7 Å². The molecule has 2 aliphatic heterocycles. The van der Waals surface area contributed by atoms with E-state index in [0.29, 0.717) is 6.07 Å². The molecule has 2 aliphatic rings. The first kappa shape index (κ1) is 24.3. The zero-order valence-electron chi connectivity index (χ0n) is 16.2. The molecule has 0 bridgehead atoms. The van der Waals surface area contributed by atoms with Gasteiger partial charge in [0.2, 0.25) is 11.7 Å². The van der Waals surface area contributed by atoms with Crippen LogP contribution in [-0.2, 0) is 20.4 Å². The maximum atomic E-state index is 13.8. The first-order valence-electron chi connectivity index (χ1n) is 9.19. The molecule has 0 saturated carbocycles. The van der Waals surface area contributed by atoms with Crippen molar-refractivity contribution in [2.45, 2.75) is 31.2 Å². The number of phosphoric acid groups is 1. The van der Waals surface area contributed by atoms with E-state index in [9.17, 15) is 31.3 Å². The lowest BCUT2D eigenvalue weighted by Gasteiger charge is -2.40. The normalized spacial score (nSPS) is 20.3. The Bertz CT molecular complexity index is 958. The molecule has 0 aliphatic carbocycles. The van der Waals surface area contributed by atoms with Gasteiger partial charge in [-0.15, -0.1) is 14.9 Å². The van der Waals surface area contributed by atoms with Gasteiger partial charge in [0.1, 0.15) is 11.6 Å². The SMILES string of the molecule is N[C@@H](CC(=O)N1CCN2C(C(F)(F)F)=NN(OP(=O)(O)O)C2C1)Cc1ccc(F)cc1F. The molecular formula is C16H19F5N5O5P. The number of benzene rings is 1. The van der Waals surface area contributed by atoms with Gasteiger partial charge < -0.3 is 25.3 Å². The zero-order chi connectivity index (χ0) is 23.8. The Balaban J connectivity index is 1.66. The van der Waals surface area contributed by atoms with Crippen LogP contribution in [0.15, 0.2) is 23.3 Å². The van der Waals surface area contributed by atoms with Crippen LogP contribution in [0.1, 0.15) is 12.0 Å². The van der Waals surface area contributed by atoms with Gasteiger partial charge in [-0.25, -0.2) is 13.3 Å². The fraction of sp³-hybridized carbons (Fsp3) is 0.500. The molecule has 4 N–H and O–H groups in total. The van der Waals surface area contributed by atoms with Crippen LogP contribution in [0.4, 0.5) is 22.0 Å². The summed E-state index contributed by atoms with van der Waals surface area (Å²) in [5.41, 5.74) is 5.98. The lowest BCUT2D eigenvalue weighted by molar-refractivity contribution is -0.156. The van der Waals surface area contributed by atoms with Crippen LogP contribution in [-0.4, -0.2) is 74.5 Å². The van der Waals surface area contributed by atoms with Crippen molar-refractivity contribution in [3.8, 4) is 0 Å². The lowest BCUT2D eigenvalue weighted by Crippen LogP contribution is -2.59. The van der Waals surface area contributed by atoms with Crippen LogP contribution in [0, 0.1) is 11.6 Å². The smallest absolute Gasteiger partial charge is 0.337 e. The fourth-order valence-corrected chi connectivity index (χ4v) is 3.80. The maximum absolute atomic E-state index is 13.8. The monoisotopic (exact) mass is 487 g/mol. The fourth-order valence-electron chi connectivity index (χ4n) is 3.44. The summed E-state index contributed by atoms with van der Waals surface area (Å²) in [6.07, 6.45) is -6.73. The van der Waals surface area contributed by atoms with Crippen molar-refractivity contribution in [3.63, 3.8) is 0 Å². The predicted octanol–water partition coefficient (Wildman–Crippen LogP) is 0.911. The van der Waals surface area contributed by atoms with E-state index in [2.05, 4.69) is 9.73 Å². The number of nitrogens with two attached hydrogens (primary N) is 1. The molecule has 1 amide bonds. The second-order valence-electron chi connectivity index (χ2n) is 7.21. The molecule has 16 heteroatoms. The molecule has 0 radical (unpaired) electrons. The number of piperazine rings is 1. The third-order valence-corrected chi connectivity index (χ3v) is 5.18. The quantitative estimate of drug-likeness (QED) is 0.399. The van der Waals surface area contributed by atoms with Crippen LogP contribution < -0.4 is 5.73 Å². The number of hydrazone groups is 1. The van der Waals surface area contributed by atoms with Gasteiger partial charge in [-0.2, -0.15) is 13.2 Å². The molecule has 1 fully saturated rings. The Labute approximate surface area is 178 Å². The number of hydrogen-bond acceptors (Lipinski definition) is 7. The number of alkyl halides is 3. The number of carbonyl (C=O) groups excluding carboxylic acids is 1. The van der Waals surface area contributed by atoms with Crippen LogP contribution >= 0.6 is 7.82 Å². The summed E-state index contributed by atoms with van der Waals surface area (Å²) in [7, 11) is -5.23. The Hall–Kier alpha value is -2.32. The highest BCUT2D eigenvalue weighted by atomic mass is 31.2. The van der Waals surface area contributed by atoms with Crippen molar-refractivity contribution in [2.24, 2.45) is 10.8 Å². The third-order valence-electron chi connectivity index (χ3n) is 4.80. The number of halogens is 5. The van der Waals surface area contributed by atoms with Crippen molar-refractivity contribution in [1.82, 2.24) is 15.0 Å². The summed E-state index contributed by atoms with van der Waals surface area (Å²) in [4.78, 5) is 32.4. The second kappa shape index (κ2) is 8.90. The van der Waals surface area contributed by atoms with Crippen molar-refractivity contribution in [2.75, 3.05) is 19.6 Å². The Morgan fingerprint density at radius 1 is 1.31 bits per heavy atom. The molecule has 10 nitrogen and oxygen atoms in total. The minimum Gasteiger partial charge on any atom is -0.337 e. The average Bonchev–Trinajstić information content (AvgIpc) is 3.00. The number of hydroxylamine groups is 1. The molecule has 2 atom stereocenters. The number of carbonyl (C=O) groups is 1. The highest BCUT2D eigenvalue weighted by Gasteiger charge is 2.52. The lowest BCUT2D eigenvalue weighted by atomic mass is 10.0. The van der Waals surface area contributed by atoms with Crippen molar-refractivity contribution in [1.29, 1.82) is 0 Å². The van der Waals surface area contributed by atoms with Gasteiger partial charge in [-0.3, -0.25) is 4.79 Å². The molecule has 1 aromatic carbocycles. The third kappa shape index (κ3) is 5.72. The van der Waals surface area contributed by atoms with Gasteiger partial charge in [-0.1, -0.05) is 6.07 Å². The topological polar surface area (TPSA) is 132 Å². The average molecular weight is 487 g/mol. The Kier molecular flexibility index (Phi) is 6.77. The first-order valence-corrected chi connectivity index (χ1v) is 10.7. The van der Waals surface area contributed by atoms with Crippen LogP contribution in [0.2, 0.25) is 0 Å². The van der Waals surface area contributed by atoms with Crippen LogP contribution in [0.5, 0.6) is 0 Å². The van der Waals surface area contributed by atoms with E-state index in [1.54, 1.807) is 0 Å². The number of amidine groups is 1. The summed E-state index contributed by atoms with van der Waals surface area (Å²) in [6, 6.07) is 2.05. The van der Waals surface area contributed by atoms with Gasteiger partial charge in [0.15, 0.2) is 6.17 Å². The highest BCUT2D eigenvalue weighted by Crippen LogP contribution is 2.41. The van der Waals surface area contributed by atoms with Gasteiger partial charge in [0.05, 0.1) is 6.54 Å². The van der Waals surface area contributed by atoms with E-state index in [4.69, 9.17) is 15.5 Å². The van der Waals surface area contributed by atoms with Crippen LogP contribution in [0.3, 0.4) is 0 Å². The molecule has 0 spiro atoms. The van der Waals surface area contributed by atoms with E-state index in [1.807, 2.05) is 0 Å². The number of rotatable bonds is 6. The molecule has 1 saturated heterocycles. The summed E-state index contributed by atoms with van der Waals surface area (Å²) < 4.78 is 81.8. The minimum atomic E-state index is -5.23. The summed E-state index contributed by atoms with van der Waals surface area (Å²) in [6.45, 7) is -0.900. The standard InChI is InChI=1S/C16H19F5N5O5P/c17-10-2-1-9(12(18)6-10)5-11(22)7-14(27)24-3-4-25-13(8-24)26(31-32(28,29)30)23-15(25)16(19,20)21/h1-2,6,11,13H,3-5,7-8,22H2,(H2,28,29,30)/t11-,13?/m1/s1. The van der Waals surface area contributed by atoms with E-state index in [0.717, 1.165) is 15.9 Å². The number of nitrogens with zero attached hydrogens (tertiary/aromatic N) is 4. The molecule has 178 valence electrons. The van der Waals surface area contributed by atoms with Gasteiger partial charge in [0.25, 0.3) is 0 Å². The van der Waals surface area contributed by atoms with Gasteiger partial charge in [0, 0.05) is 31.6 Å². The van der Waals surface area contributed by atoms with Gasteiger partial charge >= 0.3 is 14.0 Å². The van der Waals surface area contributed by atoms with Gasteiger partial charge in [-0.05, 0) is 18.1 Å². The molecule has 0 aromatic heterocycles. The molecule has 32 heavy (non-hydrogen) atoms. The highest BCUT2D eigenvalue weighted by molar-refractivity contribution is 7.46. The number of fused-ring (bicyclic) bond motifs is 1. The summed E-state index contributed by atoms with van der Waals surface area (Å²) in [5, 5.41) is 3.25. The summed E-state index contributed by atoms with van der Waals surface area (Å²) in [5.74, 6) is -3.58. The maximum Gasteiger partial charge on any atom is 0.492 e.